The van der Waals surface area contributed by atoms with Gasteiger partial charge in [0, 0.05) is 0 Å². The predicted molar refractivity (Wildman–Crippen MR) is 128 cm³/mol. The Morgan fingerprint density at radius 1 is 1.03 bits per heavy atom. The van der Waals surface area contributed by atoms with E-state index in [-0.39, 0.29) is 11.5 Å². The fraction of sp³-hybridized carbons (Fsp3) is 0.793. The minimum Gasteiger partial charge on any atom is -0.389 e. The SMILES string of the molecule is CC[C@@H](/C=C/[C@@H](C)[C@H]1CC[C@H]2[C@@H]3C=CC4=C[C@@H](O)CC[C@]4(C)[C@H]3CC[C@]12C)C(C)C. The molecule has 0 unspecified atom stereocenters. The molecule has 0 bridgehead atoms. The molecule has 0 amide bonds. The van der Waals surface area contributed by atoms with E-state index in [9.17, 15) is 5.11 Å². The van der Waals surface area contributed by atoms with Crippen molar-refractivity contribution in [1.82, 2.24) is 0 Å². The second kappa shape index (κ2) is 8.27. The highest BCUT2D eigenvalue weighted by Crippen LogP contribution is 2.66. The van der Waals surface area contributed by atoms with Crippen LogP contribution in [0.25, 0.3) is 0 Å². The zero-order valence-electron chi connectivity index (χ0n) is 20.4. The molecule has 0 aliphatic heterocycles. The third kappa shape index (κ3) is 3.58. The van der Waals surface area contributed by atoms with Crippen LogP contribution in [0.1, 0.15) is 86.5 Å². The molecule has 2 fully saturated rings. The van der Waals surface area contributed by atoms with E-state index < -0.39 is 0 Å². The van der Waals surface area contributed by atoms with Crippen LogP contribution in [0.3, 0.4) is 0 Å². The van der Waals surface area contributed by atoms with Crippen molar-refractivity contribution >= 4 is 0 Å². The van der Waals surface area contributed by atoms with Gasteiger partial charge in [-0.3, -0.25) is 0 Å². The van der Waals surface area contributed by atoms with Gasteiger partial charge in [0.25, 0.3) is 0 Å². The highest BCUT2D eigenvalue weighted by atomic mass is 16.3. The Morgan fingerprint density at radius 2 is 1.80 bits per heavy atom. The molecule has 1 heteroatoms. The molecular formula is C29H46O. The number of rotatable bonds is 5. The number of hydrogen-bond acceptors (Lipinski definition) is 1. The maximum Gasteiger partial charge on any atom is 0.0727 e. The zero-order chi connectivity index (χ0) is 21.7. The molecule has 0 aromatic rings. The van der Waals surface area contributed by atoms with E-state index in [0.717, 1.165) is 48.3 Å². The third-order valence-corrected chi connectivity index (χ3v) is 10.3. The number of fused-ring (bicyclic) bond motifs is 5. The lowest BCUT2D eigenvalue weighted by Crippen LogP contribution is -2.49. The van der Waals surface area contributed by atoms with Crippen molar-refractivity contribution in [3.8, 4) is 0 Å². The second-order valence-electron chi connectivity index (χ2n) is 12.1. The van der Waals surface area contributed by atoms with Gasteiger partial charge in [-0.25, -0.2) is 0 Å². The van der Waals surface area contributed by atoms with E-state index in [4.69, 9.17) is 0 Å². The van der Waals surface area contributed by atoms with Crippen LogP contribution in [0.15, 0.2) is 36.0 Å². The van der Waals surface area contributed by atoms with Gasteiger partial charge in [0.1, 0.15) is 0 Å². The minimum atomic E-state index is -0.232. The lowest BCUT2D eigenvalue weighted by atomic mass is 9.48. The minimum absolute atomic E-state index is 0.232. The van der Waals surface area contributed by atoms with Gasteiger partial charge >= 0.3 is 0 Å². The van der Waals surface area contributed by atoms with E-state index in [0.29, 0.717) is 11.3 Å². The number of allylic oxidation sites excluding steroid dienone is 5. The summed E-state index contributed by atoms with van der Waals surface area (Å²) >= 11 is 0. The molecule has 4 aliphatic carbocycles. The van der Waals surface area contributed by atoms with Gasteiger partial charge in [0.2, 0.25) is 0 Å². The highest BCUT2D eigenvalue weighted by Gasteiger charge is 2.58. The lowest BCUT2D eigenvalue weighted by Gasteiger charge is -2.56. The average molecular weight is 411 g/mol. The van der Waals surface area contributed by atoms with Crippen LogP contribution in [-0.4, -0.2) is 11.2 Å². The van der Waals surface area contributed by atoms with Crippen molar-refractivity contribution in [2.24, 2.45) is 52.3 Å². The smallest absolute Gasteiger partial charge is 0.0727 e. The Kier molecular flexibility index (Phi) is 6.17. The number of hydrogen-bond donors (Lipinski definition) is 1. The molecule has 4 rings (SSSR count). The summed E-state index contributed by atoms with van der Waals surface area (Å²) in [6.45, 7) is 14.7. The van der Waals surface area contributed by atoms with Gasteiger partial charge in [-0.1, -0.05) is 71.9 Å². The quantitative estimate of drug-likeness (QED) is 0.463. The van der Waals surface area contributed by atoms with Crippen molar-refractivity contribution in [3.05, 3.63) is 36.0 Å². The van der Waals surface area contributed by atoms with Crippen LogP contribution in [0.4, 0.5) is 0 Å². The first kappa shape index (κ1) is 22.4. The lowest BCUT2D eigenvalue weighted by molar-refractivity contribution is -0.0254. The Labute approximate surface area is 186 Å². The van der Waals surface area contributed by atoms with Gasteiger partial charge in [0.15, 0.2) is 0 Å². The van der Waals surface area contributed by atoms with Crippen LogP contribution >= 0.6 is 0 Å². The summed E-state index contributed by atoms with van der Waals surface area (Å²) in [7, 11) is 0. The second-order valence-corrected chi connectivity index (χ2v) is 12.1. The van der Waals surface area contributed by atoms with Crippen molar-refractivity contribution < 1.29 is 5.11 Å². The van der Waals surface area contributed by atoms with E-state index in [1.807, 2.05) is 0 Å². The van der Waals surface area contributed by atoms with E-state index in [1.54, 1.807) is 0 Å². The van der Waals surface area contributed by atoms with E-state index >= 15 is 0 Å². The molecular weight excluding hydrogens is 364 g/mol. The maximum absolute atomic E-state index is 10.2. The van der Waals surface area contributed by atoms with Crippen molar-refractivity contribution in [1.29, 1.82) is 0 Å². The molecule has 0 spiro atoms. The third-order valence-electron chi connectivity index (χ3n) is 10.3. The standard InChI is InChI=1S/C29H46O/c1-7-21(19(2)3)9-8-20(4)25-12-13-26-24-11-10-22-18-23(30)14-16-28(22,5)27(24)15-17-29(25,26)6/h8-11,18-21,23-27,30H,7,12-17H2,1-6H3/b9-8+/t20-,21+,23+,24+,25-,26+,27+,28+,29-/m1/s1. The molecule has 0 saturated heterocycles. The van der Waals surface area contributed by atoms with Crippen molar-refractivity contribution in [3.63, 3.8) is 0 Å². The molecule has 9 atom stereocenters. The topological polar surface area (TPSA) is 20.2 Å². The average Bonchev–Trinajstić information content (AvgIpc) is 3.06. The Hall–Kier alpha value is -0.820. The highest BCUT2D eigenvalue weighted by molar-refractivity contribution is 5.36. The first-order valence-corrected chi connectivity index (χ1v) is 13.0. The van der Waals surface area contributed by atoms with Crippen LogP contribution in [0.5, 0.6) is 0 Å². The molecule has 2 saturated carbocycles. The first-order valence-electron chi connectivity index (χ1n) is 13.0. The van der Waals surface area contributed by atoms with Crippen LogP contribution in [-0.2, 0) is 0 Å². The van der Waals surface area contributed by atoms with E-state index in [2.05, 4.69) is 71.9 Å². The molecule has 0 radical (unpaired) electrons. The molecule has 1 nitrogen and oxygen atoms in total. The maximum atomic E-state index is 10.2. The van der Waals surface area contributed by atoms with Gasteiger partial charge in [-0.05, 0) is 103 Å². The molecule has 30 heavy (non-hydrogen) atoms. The largest absolute Gasteiger partial charge is 0.389 e. The fourth-order valence-electron chi connectivity index (χ4n) is 8.33. The molecule has 1 N–H and O–H groups in total. The summed E-state index contributed by atoms with van der Waals surface area (Å²) in [5.41, 5.74) is 2.20. The number of aliphatic hydroxyl groups is 1. The van der Waals surface area contributed by atoms with Crippen molar-refractivity contribution in [2.45, 2.75) is 92.6 Å². The summed E-state index contributed by atoms with van der Waals surface area (Å²) in [6, 6.07) is 0. The van der Waals surface area contributed by atoms with Crippen molar-refractivity contribution in [2.75, 3.05) is 0 Å². The van der Waals surface area contributed by atoms with Gasteiger partial charge < -0.3 is 5.11 Å². The normalized spacial score (nSPS) is 45.1. The molecule has 168 valence electrons. The van der Waals surface area contributed by atoms with E-state index in [1.165, 1.54) is 37.7 Å². The van der Waals surface area contributed by atoms with Gasteiger partial charge in [-0.15, -0.1) is 0 Å². The molecule has 4 aliphatic rings. The molecule has 0 heterocycles. The van der Waals surface area contributed by atoms with Crippen LogP contribution in [0.2, 0.25) is 0 Å². The summed E-state index contributed by atoms with van der Waals surface area (Å²) in [5.74, 6) is 5.33. The summed E-state index contributed by atoms with van der Waals surface area (Å²) in [5, 5.41) is 10.2. The van der Waals surface area contributed by atoms with Crippen LogP contribution < -0.4 is 0 Å². The summed E-state index contributed by atoms with van der Waals surface area (Å²) < 4.78 is 0. The first-order chi connectivity index (χ1) is 14.2. The predicted octanol–water partition coefficient (Wildman–Crippen LogP) is 7.58. The fourth-order valence-corrected chi connectivity index (χ4v) is 8.33. The van der Waals surface area contributed by atoms with Crippen LogP contribution in [0, 0.1) is 52.3 Å². The molecule has 0 aromatic heterocycles. The number of aliphatic hydroxyl groups excluding tert-OH is 1. The van der Waals surface area contributed by atoms with Gasteiger partial charge in [0.05, 0.1) is 6.10 Å². The summed E-state index contributed by atoms with van der Waals surface area (Å²) in [4.78, 5) is 0. The monoisotopic (exact) mass is 410 g/mol. The Morgan fingerprint density at radius 3 is 2.50 bits per heavy atom. The Balaban J connectivity index is 1.55. The molecule has 0 aromatic carbocycles. The summed E-state index contributed by atoms with van der Waals surface area (Å²) in [6.07, 6.45) is 20.9. The Bertz CT molecular complexity index is 714. The van der Waals surface area contributed by atoms with Gasteiger partial charge in [-0.2, -0.15) is 0 Å². The zero-order valence-corrected chi connectivity index (χ0v) is 20.4.